The van der Waals surface area contributed by atoms with Crippen molar-refractivity contribution >= 4 is 5.95 Å². The van der Waals surface area contributed by atoms with Crippen molar-refractivity contribution in [2.75, 3.05) is 18.4 Å². The molecule has 0 bridgehead atoms. The third kappa shape index (κ3) is 3.03. The highest BCUT2D eigenvalue weighted by molar-refractivity contribution is 5.60. The number of hydrogen-bond acceptors (Lipinski definition) is 5. The Hall–Kier alpha value is -2.16. The van der Waals surface area contributed by atoms with Crippen LogP contribution in [0, 0.1) is 0 Å². The zero-order valence-electron chi connectivity index (χ0n) is 11.9. The first-order chi connectivity index (χ1) is 10.4. The number of nitrogens with zero attached hydrogens (tertiary/aromatic N) is 4. The van der Waals surface area contributed by atoms with Gasteiger partial charge in [-0.25, -0.2) is 15.0 Å². The van der Waals surface area contributed by atoms with Crippen molar-refractivity contribution < 1.29 is 13.2 Å². The number of hydrogen-bond donors (Lipinski definition) is 2. The van der Waals surface area contributed by atoms with Crippen LogP contribution in [0.2, 0.25) is 0 Å². The first kappa shape index (κ1) is 14.8. The average Bonchev–Trinajstić information content (AvgIpc) is 3.09. The van der Waals surface area contributed by atoms with E-state index in [1.54, 1.807) is 11.6 Å². The first-order valence-corrected chi connectivity index (χ1v) is 6.83. The standard InChI is InChI=1S/C13H15F3N6/c1-22-6-10(19-7-22)11-9(13(14,15)16)5-18-12(21-11)20-8-2-3-17-4-8/h5-8,17H,2-4H2,1H3,(H,18,20,21)/t8-/m1/s1. The Morgan fingerprint density at radius 2 is 2.18 bits per heavy atom. The van der Waals surface area contributed by atoms with Gasteiger partial charge in [0.15, 0.2) is 0 Å². The summed E-state index contributed by atoms with van der Waals surface area (Å²) in [6.07, 6.45) is 0.0927. The molecule has 3 rings (SSSR count). The van der Waals surface area contributed by atoms with Crippen LogP contribution in [0.15, 0.2) is 18.7 Å². The van der Waals surface area contributed by atoms with Gasteiger partial charge in [-0.05, 0) is 13.0 Å². The average molecular weight is 312 g/mol. The molecular formula is C13H15F3N6. The molecule has 0 amide bonds. The summed E-state index contributed by atoms with van der Waals surface area (Å²) in [5.41, 5.74) is -0.928. The molecule has 0 saturated carbocycles. The van der Waals surface area contributed by atoms with Gasteiger partial charge in [-0.2, -0.15) is 13.2 Å². The van der Waals surface area contributed by atoms with Crippen molar-refractivity contribution in [3.63, 3.8) is 0 Å². The van der Waals surface area contributed by atoms with Crippen LogP contribution in [-0.2, 0) is 13.2 Å². The predicted octanol–water partition coefficient (Wildman–Crippen LogP) is 1.67. The number of aromatic nitrogens is 4. The van der Waals surface area contributed by atoms with E-state index in [1.807, 2.05) is 0 Å². The van der Waals surface area contributed by atoms with Crippen molar-refractivity contribution in [1.29, 1.82) is 0 Å². The maximum atomic E-state index is 13.1. The molecule has 1 fully saturated rings. The molecule has 2 aromatic heterocycles. The number of aryl methyl sites for hydroxylation is 1. The first-order valence-electron chi connectivity index (χ1n) is 6.83. The van der Waals surface area contributed by atoms with E-state index in [0.717, 1.165) is 25.7 Å². The molecule has 0 unspecified atom stereocenters. The molecule has 2 N–H and O–H groups in total. The summed E-state index contributed by atoms with van der Waals surface area (Å²) >= 11 is 0. The molecule has 2 aromatic rings. The van der Waals surface area contributed by atoms with Gasteiger partial charge < -0.3 is 15.2 Å². The Morgan fingerprint density at radius 3 is 2.77 bits per heavy atom. The maximum Gasteiger partial charge on any atom is 0.420 e. The van der Waals surface area contributed by atoms with Gasteiger partial charge in [-0.3, -0.25) is 0 Å². The Labute approximate surface area is 124 Å². The maximum absolute atomic E-state index is 13.1. The second-order valence-corrected chi connectivity index (χ2v) is 5.21. The minimum absolute atomic E-state index is 0.119. The Bertz CT molecular complexity index is 660. The van der Waals surface area contributed by atoms with Gasteiger partial charge in [0, 0.05) is 32.0 Å². The van der Waals surface area contributed by atoms with Crippen LogP contribution in [0.5, 0.6) is 0 Å². The van der Waals surface area contributed by atoms with Gasteiger partial charge in [0.1, 0.15) is 17.0 Å². The van der Waals surface area contributed by atoms with E-state index in [0.29, 0.717) is 0 Å². The van der Waals surface area contributed by atoms with Crippen molar-refractivity contribution in [2.24, 2.45) is 7.05 Å². The molecule has 0 aliphatic carbocycles. The third-order valence-corrected chi connectivity index (χ3v) is 3.44. The number of anilines is 1. The summed E-state index contributed by atoms with van der Waals surface area (Å²) in [4.78, 5) is 11.8. The van der Waals surface area contributed by atoms with Crippen LogP contribution in [-0.4, -0.2) is 38.7 Å². The highest BCUT2D eigenvalue weighted by Gasteiger charge is 2.36. The van der Waals surface area contributed by atoms with E-state index < -0.39 is 11.7 Å². The molecule has 0 radical (unpaired) electrons. The van der Waals surface area contributed by atoms with Crippen LogP contribution < -0.4 is 10.6 Å². The predicted molar refractivity (Wildman–Crippen MR) is 74.1 cm³/mol. The largest absolute Gasteiger partial charge is 0.420 e. The fourth-order valence-corrected chi connectivity index (χ4v) is 2.35. The van der Waals surface area contributed by atoms with E-state index in [1.165, 1.54) is 12.5 Å². The van der Waals surface area contributed by atoms with Crippen LogP contribution >= 0.6 is 0 Å². The number of rotatable bonds is 3. The van der Waals surface area contributed by atoms with Gasteiger partial charge in [0.05, 0.1) is 6.33 Å². The molecule has 9 heteroatoms. The zero-order chi connectivity index (χ0) is 15.7. The molecule has 1 atom stereocenters. The lowest BCUT2D eigenvalue weighted by atomic mass is 10.2. The zero-order valence-corrected chi connectivity index (χ0v) is 11.9. The van der Waals surface area contributed by atoms with Crippen LogP contribution in [0.1, 0.15) is 12.0 Å². The summed E-state index contributed by atoms with van der Waals surface area (Å²) in [7, 11) is 1.69. The molecule has 0 spiro atoms. The van der Waals surface area contributed by atoms with Gasteiger partial charge in [-0.15, -0.1) is 0 Å². The van der Waals surface area contributed by atoms with E-state index in [9.17, 15) is 13.2 Å². The molecule has 6 nitrogen and oxygen atoms in total. The van der Waals surface area contributed by atoms with E-state index >= 15 is 0 Å². The smallest absolute Gasteiger partial charge is 0.350 e. The highest BCUT2D eigenvalue weighted by Crippen LogP contribution is 2.35. The summed E-state index contributed by atoms with van der Waals surface area (Å²) in [5.74, 6) is 0.183. The minimum atomic E-state index is -4.53. The summed E-state index contributed by atoms with van der Waals surface area (Å²) in [5, 5.41) is 6.21. The monoisotopic (exact) mass is 312 g/mol. The van der Waals surface area contributed by atoms with E-state index in [2.05, 4.69) is 25.6 Å². The summed E-state index contributed by atoms with van der Waals surface area (Å²) in [6, 6.07) is 0.119. The molecular weight excluding hydrogens is 297 g/mol. The normalized spacial score (nSPS) is 18.6. The second kappa shape index (κ2) is 5.56. The number of alkyl halides is 3. The molecule has 0 aromatic carbocycles. The van der Waals surface area contributed by atoms with Gasteiger partial charge in [0.2, 0.25) is 5.95 Å². The fourth-order valence-electron chi connectivity index (χ4n) is 2.35. The minimum Gasteiger partial charge on any atom is -0.350 e. The van der Waals surface area contributed by atoms with Crippen LogP contribution in [0.25, 0.3) is 11.4 Å². The van der Waals surface area contributed by atoms with Crippen molar-refractivity contribution in [3.8, 4) is 11.4 Å². The van der Waals surface area contributed by atoms with Gasteiger partial charge >= 0.3 is 6.18 Å². The highest BCUT2D eigenvalue weighted by atomic mass is 19.4. The quantitative estimate of drug-likeness (QED) is 0.902. The number of halogens is 3. The third-order valence-electron chi connectivity index (χ3n) is 3.44. The molecule has 118 valence electrons. The lowest BCUT2D eigenvalue weighted by Crippen LogP contribution is -2.24. The lowest BCUT2D eigenvalue weighted by molar-refractivity contribution is -0.137. The molecule has 1 aliphatic heterocycles. The molecule has 1 saturated heterocycles. The SMILES string of the molecule is Cn1cnc(-c2nc(N[C@@H]3CCNC3)ncc2C(F)(F)F)c1. The summed E-state index contributed by atoms with van der Waals surface area (Å²) in [6.45, 7) is 1.61. The number of nitrogens with one attached hydrogen (secondary N) is 2. The van der Waals surface area contributed by atoms with Crippen LogP contribution in [0.3, 0.4) is 0 Å². The Kier molecular flexibility index (Phi) is 3.73. The van der Waals surface area contributed by atoms with Gasteiger partial charge in [0.25, 0.3) is 0 Å². The molecule has 22 heavy (non-hydrogen) atoms. The van der Waals surface area contributed by atoms with Crippen molar-refractivity contribution in [2.45, 2.75) is 18.6 Å². The fraction of sp³-hybridized carbons (Fsp3) is 0.462. The Morgan fingerprint density at radius 1 is 1.36 bits per heavy atom. The van der Waals surface area contributed by atoms with Crippen molar-refractivity contribution in [3.05, 3.63) is 24.3 Å². The summed E-state index contributed by atoms with van der Waals surface area (Å²) < 4.78 is 41.0. The number of imidazole rings is 1. The van der Waals surface area contributed by atoms with Gasteiger partial charge in [-0.1, -0.05) is 0 Å². The topological polar surface area (TPSA) is 67.7 Å². The Balaban J connectivity index is 1.98. The molecule has 3 heterocycles. The van der Waals surface area contributed by atoms with E-state index in [4.69, 9.17) is 0 Å². The van der Waals surface area contributed by atoms with E-state index in [-0.39, 0.29) is 23.4 Å². The van der Waals surface area contributed by atoms with Crippen molar-refractivity contribution in [1.82, 2.24) is 24.8 Å². The van der Waals surface area contributed by atoms with Crippen LogP contribution in [0.4, 0.5) is 19.1 Å². The second-order valence-electron chi connectivity index (χ2n) is 5.21. The molecule has 1 aliphatic rings. The lowest BCUT2D eigenvalue weighted by Gasteiger charge is -2.14.